The van der Waals surface area contributed by atoms with Crippen LogP contribution < -0.4 is 0 Å². The van der Waals surface area contributed by atoms with Gasteiger partial charge in [-0.3, -0.25) is 4.98 Å². The van der Waals surface area contributed by atoms with Crippen LogP contribution in [0.2, 0.25) is 0 Å². The Morgan fingerprint density at radius 2 is 2.17 bits per heavy atom. The molecule has 6 heteroatoms. The summed E-state index contributed by atoms with van der Waals surface area (Å²) < 4.78 is 25.9. The minimum atomic E-state index is -3.57. The number of nitrogens with zero attached hydrogens (tertiary/aromatic N) is 3. The van der Waals surface area contributed by atoms with Crippen molar-refractivity contribution in [1.29, 1.82) is 5.26 Å². The lowest BCUT2D eigenvalue weighted by molar-refractivity contribution is 0.368. The Morgan fingerprint density at radius 3 is 2.72 bits per heavy atom. The summed E-state index contributed by atoms with van der Waals surface area (Å²) in [5.41, 5.74) is 0.243. The van der Waals surface area contributed by atoms with Crippen LogP contribution in [0.3, 0.4) is 0 Å². The number of hydrogen-bond acceptors (Lipinski definition) is 4. The molecule has 0 amide bonds. The van der Waals surface area contributed by atoms with Gasteiger partial charge in [0.15, 0.2) is 0 Å². The molecule has 0 radical (unpaired) electrons. The van der Waals surface area contributed by atoms with Gasteiger partial charge in [0.05, 0.1) is 5.56 Å². The van der Waals surface area contributed by atoms with Crippen molar-refractivity contribution in [3.63, 3.8) is 0 Å². The van der Waals surface area contributed by atoms with E-state index in [4.69, 9.17) is 5.26 Å². The molecule has 1 aromatic rings. The van der Waals surface area contributed by atoms with E-state index >= 15 is 0 Å². The van der Waals surface area contributed by atoms with Gasteiger partial charge in [0.1, 0.15) is 11.0 Å². The molecule has 0 aliphatic rings. The number of pyridine rings is 1. The van der Waals surface area contributed by atoms with Crippen LogP contribution in [0.4, 0.5) is 0 Å². The molecule has 1 aromatic heterocycles. The first-order valence-electron chi connectivity index (χ1n) is 5.76. The maximum absolute atomic E-state index is 12.3. The van der Waals surface area contributed by atoms with Gasteiger partial charge in [0, 0.05) is 25.5 Å². The van der Waals surface area contributed by atoms with E-state index in [9.17, 15) is 8.42 Å². The normalized spacial score (nSPS) is 13.3. The van der Waals surface area contributed by atoms with Gasteiger partial charge in [-0.15, -0.1) is 0 Å². The third-order valence-electron chi connectivity index (χ3n) is 2.85. The smallest absolute Gasteiger partial charge is 0.244 e. The van der Waals surface area contributed by atoms with Crippen molar-refractivity contribution in [2.24, 2.45) is 0 Å². The molecule has 0 aliphatic carbocycles. The van der Waals surface area contributed by atoms with E-state index in [1.807, 2.05) is 19.9 Å². The molecule has 5 nitrogen and oxygen atoms in total. The molecule has 0 fully saturated rings. The average molecular weight is 267 g/mol. The van der Waals surface area contributed by atoms with E-state index in [0.717, 1.165) is 12.8 Å². The van der Waals surface area contributed by atoms with Crippen molar-refractivity contribution in [2.45, 2.75) is 37.6 Å². The van der Waals surface area contributed by atoms with E-state index in [-0.39, 0.29) is 16.5 Å². The van der Waals surface area contributed by atoms with Crippen molar-refractivity contribution in [1.82, 2.24) is 9.29 Å². The van der Waals surface area contributed by atoms with Crippen molar-refractivity contribution in [3.8, 4) is 6.07 Å². The van der Waals surface area contributed by atoms with Gasteiger partial charge < -0.3 is 0 Å². The number of hydrogen-bond donors (Lipinski definition) is 0. The van der Waals surface area contributed by atoms with Crippen molar-refractivity contribution in [2.75, 3.05) is 7.05 Å². The monoisotopic (exact) mass is 267 g/mol. The van der Waals surface area contributed by atoms with Crippen LogP contribution in [0.15, 0.2) is 23.4 Å². The summed E-state index contributed by atoms with van der Waals surface area (Å²) in [6.07, 6.45) is 4.32. The van der Waals surface area contributed by atoms with Gasteiger partial charge in [-0.1, -0.05) is 13.3 Å². The van der Waals surface area contributed by atoms with Gasteiger partial charge in [-0.2, -0.15) is 9.57 Å². The van der Waals surface area contributed by atoms with E-state index in [2.05, 4.69) is 4.98 Å². The van der Waals surface area contributed by atoms with Crippen LogP contribution in [0.25, 0.3) is 0 Å². The SMILES string of the molecule is CCCC(C)N(C)S(=O)(=O)c1cncc(C#N)c1. The van der Waals surface area contributed by atoms with Gasteiger partial charge in [-0.05, 0) is 19.4 Å². The summed E-state index contributed by atoms with van der Waals surface area (Å²) in [5, 5.41) is 8.76. The molecule has 0 aliphatic heterocycles. The molecule has 18 heavy (non-hydrogen) atoms. The maximum atomic E-state index is 12.3. The molecule has 98 valence electrons. The fourth-order valence-corrected chi connectivity index (χ4v) is 3.01. The Morgan fingerprint density at radius 1 is 1.50 bits per heavy atom. The quantitative estimate of drug-likeness (QED) is 0.814. The van der Waals surface area contributed by atoms with Gasteiger partial charge in [-0.25, -0.2) is 8.42 Å². The lowest BCUT2D eigenvalue weighted by atomic mass is 10.2. The largest absolute Gasteiger partial charge is 0.262 e. The number of nitriles is 1. The predicted octanol–water partition coefficient (Wildman–Crippen LogP) is 1.76. The van der Waals surface area contributed by atoms with Crippen molar-refractivity contribution in [3.05, 3.63) is 24.0 Å². The Bertz CT molecular complexity index is 549. The maximum Gasteiger partial charge on any atom is 0.244 e. The first kappa shape index (κ1) is 14.6. The predicted molar refractivity (Wildman–Crippen MR) is 68.3 cm³/mol. The summed E-state index contributed by atoms with van der Waals surface area (Å²) in [5.74, 6) is 0. The second kappa shape index (κ2) is 5.94. The molecular weight excluding hydrogens is 250 g/mol. The topological polar surface area (TPSA) is 74.1 Å². The van der Waals surface area contributed by atoms with Gasteiger partial charge in [0.2, 0.25) is 10.0 Å². The minimum absolute atomic E-state index is 0.0620. The summed E-state index contributed by atoms with van der Waals surface area (Å²) in [6, 6.07) is 3.15. The van der Waals surface area contributed by atoms with Gasteiger partial charge in [0.25, 0.3) is 0 Å². The number of aromatic nitrogens is 1. The third kappa shape index (κ3) is 3.06. The second-order valence-corrected chi connectivity index (χ2v) is 6.18. The van der Waals surface area contributed by atoms with E-state index in [1.54, 1.807) is 7.05 Å². The fraction of sp³-hybridized carbons (Fsp3) is 0.500. The molecule has 0 saturated heterocycles. The summed E-state index contributed by atoms with van der Waals surface area (Å²) >= 11 is 0. The average Bonchev–Trinajstić information content (AvgIpc) is 2.38. The van der Waals surface area contributed by atoms with Crippen LogP contribution in [-0.2, 0) is 10.0 Å². The van der Waals surface area contributed by atoms with Crippen LogP contribution in [-0.4, -0.2) is 30.8 Å². The van der Waals surface area contributed by atoms with Crippen LogP contribution >= 0.6 is 0 Å². The molecule has 0 bridgehead atoms. The minimum Gasteiger partial charge on any atom is -0.262 e. The lowest BCUT2D eigenvalue weighted by Crippen LogP contribution is -2.35. The zero-order valence-corrected chi connectivity index (χ0v) is 11.6. The van der Waals surface area contributed by atoms with Crippen molar-refractivity contribution >= 4 is 10.0 Å². The number of sulfonamides is 1. The van der Waals surface area contributed by atoms with Crippen molar-refractivity contribution < 1.29 is 8.42 Å². The highest BCUT2D eigenvalue weighted by molar-refractivity contribution is 7.89. The van der Waals surface area contributed by atoms with Gasteiger partial charge >= 0.3 is 0 Å². The molecular formula is C12H17N3O2S. The summed E-state index contributed by atoms with van der Waals surface area (Å²) in [7, 11) is -2.02. The van der Waals surface area contributed by atoms with Crippen LogP contribution in [0.1, 0.15) is 32.3 Å². The second-order valence-electron chi connectivity index (χ2n) is 4.18. The van der Waals surface area contributed by atoms with E-state index < -0.39 is 10.0 Å². The highest BCUT2D eigenvalue weighted by atomic mass is 32.2. The lowest BCUT2D eigenvalue weighted by Gasteiger charge is -2.23. The van der Waals surface area contributed by atoms with Crippen LogP contribution in [0.5, 0.6) is 0 Å². The highest BCUT2D eigenvalue weighted by Gasteiger charge is 2.25. The first-order chi connectivity index (χ1) is 8.43. The molecule has 0 aromatic carbocycles. The molecule has 0 saturated carbocycles. The summed E-state index contributed by atoms with van der Waals surface area (Å²) in [6.45, 7) is 3.87. The highest BCUT2D eigenvalue weighted by Crippen LogP contribution is 2.18. The van der Waals surface area contributed by atoms with Crippen LogP contribution in [0, 0.1) is 11.3 Å². The molecule has 1 heterocycles. The molecule has 1 rings (SSSR count). The zero-order chi connectivity index (χ0) is 13.8. The Hall–Kier alpha value is -1.45. The third-order valence-corrected chi connectivity index (χ3v) is 4.78. The molecule has 0 N–H and O–H groups in total. The summed E-state index contributed by atoms with van der Waals surface area (Å²) in [4.78, 5) is 3.84. The Balaban J connectivity index is 3.09. The molecule has 0 spiro atoms. The zero-order valence-electron chi connectivity index (χ0n) is 10.8. The van der Waals surface area contributed by atoms with E-state index in [1.165, 1.54) is 22.8 Å². The molecule has 1 unspecified atom stereocenters. The van der Waals surface area contributed by atoms with E-state index in [0.29, 0.717) is 0 Å². The number of rotatable bonds is 5. The molecule has 1 atom stereocenters. The Labute approximate surface area is 108 Å². The Kier molecular flexibility index (Phi) is 4.82. The fourth-order valence-electron chi connectivity index (χ4n) is 1.62. The standard InChI is InChI=1S/C12H17N3O2S/c1-4-5-10(2)15(3)18(16,17)12-6-11(7-13)8-14-9-12/h6,8-10H,4-5H2,1-3H3. The first-order valence-corrected chi connectivity index (χ1v) is 7.20.